The SMILES string of the molecule is CCCc1nc(NC)cc(OCCOC)n1. The van der Waals surface area contributed by atoms with Crippen LogP contribution in [0.15, 0.2) is 6.07 Å². The Balaban J connectivity index is 2.69. The van der Waals surface area contributed by atoms with Crippen LogP contribution in [0.2, 0.25) is 0 Å². The molecule has 0 aliphatic carbocycles. The molecule has 0 bridgehead atoms. The minimum atomic E-state index is 0.502. The van der Waals surface area contributed by atoms with Crippen LogP contribution in [-0.4, -0.2) is 37.3 Å². The maximum absolute atomic E-state index is 5.46. The lowest BCUT2D eigenvalue weighted by atomic mass is 10.3. The van der Waals surface area contributed by atoms with Crippen molar-refractivity contribution in [3.05, 3.63) is 11.9 Å². The lowest BCUT2D eigenvalue weighted by Crippen LogP contribution is -2.08. The van der Waals surface area contributed by atoms with E-state index in [1.165, 1.54) is 0 Å². The zero-order valence-corrected chi connectivity index (χ0v) is 10.1. The van der Waals surface area contributed by atoms with Crippen molar-refractivity contribution in [3.8, 4) is 5.88 Å². The minimum absolute atomic E-state index is 0.502. The van der Waals surface area contributed by atoms with Crippen LogP contribution >= 0.6 is 0 Å². The average Bonchev–Trinajstić information content (AvgIpc) is 2.29. The Morgan fingerprint density at radius 2 is 2.12 bits per heavy atom. The molecule has 1 heterocycles. The molecule has 0 atom stereocenters. The summed E-state index contributed by atoms with van der Waals surface area (Å²) in [5, 5.41) is 2.99. The highest BCUT2D eigenvalue weighted by Crippen LogP contribution is 2.13. The predicted octanol–water partition coefficient (Wildman–Crippen LogP) is 1.50. The third-order valence-electron chi connectivity index (χ3n) is 2.02. The predicted molar refractivity (Wildman–Crippen MR) is 62.9 cm³/mol. The smallest absolute Gasteiger partial charge is 0.218 e. The summed E-state index contributed by atoms with van der Waals surface area (Å²) < 4.78 is 10.4. The van der Waals surface area contributed by atoms with Crippen LogP contribution in [0, 0.1) is 0 Å². The second kappa shape index (κ2) is 7.00. The summed E-state index contributed by atoms with van der Waals surface area (Å²) in [6, 6.07) is 1.79. The summed E-state index contributed by atoms with van der Waals surface area (Å²) in [7, 11) is 3.47. The van der Waals surface area contributed by atoms with E-state index in [0.29, 0.717) is 19.1 Å². The number of anilines is 1. The highest BCUT2D eigenvalue weighted by molar-refractivity contribution is 5.37. The Kier molecular flexibility index (Phi) is 5.56. The fraction of sp³-hybridized carbons (Fsp3) is 0.636. The molecule has 0 radical (unpaired) electrons. The average molecular weight is 225 g/mol. The Morgan fingerprint density at radius 3 is 2.75 bits per heavy atom. The quantitative estimate of drug-likeness (QED) is 0.713. The van der Waals surface area contributed by atoms with Crippen molar-refractivity contribution in [1.82, 2.24) is 9.97 Å². The highest BCUT2D eigenvalue weighted by Gasteiger charge is 2.03. The summed E-state index contributed by atoms with van der Waals surface area (Å²) >= 11 is 0. The molecule has 0 fully saturated rings. The molecule has 0 aliphatic heterocycles. The van der Waals surface area contributed by atoms with Gasteiger partial charge in [-0.1, -0.05) is 6.92 Å². The van der Waals surface area contributed by atoms with E-state index in [9.17, 15) is 0 Å². The fourth-order valence-electron chi connectivity index (χ4n) is 1.24. The number of hydrogen-bond acceptors (Lipinski definition) is 5. The van der Waals surface area contributed by atoms with Crippen LogP contribution in [0.5, 0.6) is 5.88 Å². The Labute approximate surface area is 96.2 Å². The maximum atomic E-state index is 5.46. The lowest BCUT2D eigenvalue weighted by molar-refractivity contribution is 0.143. The van der Waals surface area contributed by atoms with E-state index in [-0.39, 0.29) is 0 Å². The molecule has 0 amide bonds. The van der Waals surface area contributed by atoms with Gasteiger partial charge in [-0.25, -0.2) is 4.98 Å². The van der Waals surface area contributed by atoms with Crippen LogP contribution in [-0.2, 0) is 11.2 Å². The van der Waals surface area contributed by atoms with E-state index < -0.39 is 0 Å². The Bertz CT molecular complexity index is 318. The third kappa shape index (κ3) is 4.02. The van der Waals surface area contributed by atoms with Crippen molar-refractivity contribution in [2.24, 2.45) is 0 Å². The topological polar surface area (TPSA) is 56.3 Å². The summed E-state index contributed by atoms with van der Waals surface area (Å²) in [4.78, 5) is 8.65. The largest absolute Gasteiger partial charge is 0.475 e. The van der Waals surface area contributed by atoms with E-state index in [1.54, 1.807) is 13.2 Å². The number of ether oxygens (including phenoxy) is 2. The first-order chi connectivity index (χ1) is 7.80. The van der Waals surface area contributed by atoms with Crippen molar-refractivity contribution in [2.75, 3.05) is 32.7 Å². The van der Waals surface area contributed by atoms with Crippen molar-refractivity contribution < 1.29 is 9.47 Å². The van der Waals surface area contributed by atoms with Crippen LogP contribution in [0.1, 0.15) is 19.2 Å². The van der Waals surface area contributed by atoms with Gasteiger partial charge >= 0.3 is 0 Å². The zero-order chi connectivity index (χ0) is 11.8. The third-order valence-corrected chi connectivity index (χ3v) is 2.02. The van der Waals surface area contributed by atoms with Gasteiger partial charge in [-0.2, -0.15) is 4.98 Å². The molecule has 1 rings (SSSR count). The van der Waals surface area contributed by atoms with E-state index in [0.717, 1.165) is 24.5 Å². The van der Waals surface area contributed by atoms with E-state index in [4.69, 9.17) is 9.47 Å². The molecule has 1 N–H and O–H groups in total. The summed E-state index contributed by atoms with van der Waals surface area (Å²) in [6.45, 7) is 3.16. The molecular weight excluding hydrogens is 206 g/mol. The molecule has 0 saturated carbocycles. The summed E-state index contributed by atoms with van der Waals surface area (Å²) in [5.74, 6) is 2.19. The first kappa shape index (κ1) is 12.7. The molecule has 0 unspecified atom stereocenters. The molecule has 5 nitrogen and oxygen atoms in total. The first-order valence-electron chi connectivity index (χ1n) is 5.47. The van der Waals surface area contributed by atoms with Gasteiger partial charge in [-0.05, 0) is 6.42 Å². The molecule has 0 spiro atoms. The monoisotopic (exact) mass is 225 g/mol. The van der Waals surface area contributed by atoms with E-state index in [1.807, 2.05) is 7.05 Å². The van der Waals surface area contributed by atoms with Gasteiger partial charge in [0.2, 0.25) is 5.88 Å². The molecule has 0 saturated heterocycles. The standard InChI is InChI=1S/C11H19N3O2/c1-4-5-9-13-10(12-2)8-11(14-9)16-7-6-15-3/h8H,4-7H2,1-3H3,(H,12,13,14). The molecule has 1 aromatic rings. The van der Waals surface area contributed by atoms with Crippen molar-refractivity contribution >= 4 is 5.82 Å². The number of aromatic nitrogens is 2. The van der Waals surface area contributed by atoms with Gasteiger partial charge in [0.1, 0.15) is 18.2 Å². The van der Waals surface area contributed by atoms with Crippen LogP contribution in [0.3, 0.4) is 0 Å². The number of nitrogens with one attached hydrogen (secondary N) is 1. The number of nitrogens with zero attached hydrogens (tertiary/aromatic N) is 2. The molecule has 1 aromatic heterocycles. The molecule has 0 aromatic carbocycles. The van der Waals surface area contributed by atoms with Crippen molar-refractivity contribution in [2.45, 2.75) is 19.8 Å². The van der Waals surface area contributed by atoms with Crippen LogP contribution < -0.4 is 10.1 Å². The summed E-state index contributed by atoms with van der Waals surface area (Å²) in [5.41, 5.74) is 0. The Morgan fingerprint density at radius 1 is 1.31 bits per heavy atom. The maximum Gasteiger partial charge on any atom is 0.218 e. The highest BCUT2D eigenvalue weighted by atomic mass is 16.5. The molecular formula is C11H19N3O2. The van der Waals surface area contributed by atoms with Gasteiger partial charge in [0, 0.05) is 26.6 Å². The molecule has 90 valence electrons. The molecule has 5 heteroatoms. The number of hydrogen-bond donors (Lipinski definition) is 1. The number of methoxy groups -OCH3 is 1. The number of aryl methyl sites for hydroxylation is 1. The van der Waals surface area contributed by atoms with Crippen molar-refractivity contribution in [3.63, 3.8) is 0 Å². The van der Waals surface area contributed by atoms with Gasteiger partial charge in [-0.15, -0.1) is 0 Å². The molecule has 0 aliphatic rings. The van der Waals surface area contributed by atoms with E-state index in [2.05, 4.69) is 22.2 Å². The zero-order valence-electron chi connectivity index (χ0n) is 10.1. The van der Waals surface area contributed by atoms with Crippen LogP contribution in [0.4, 0.5) is 5.82 Å². The second-order valence-electron chi connectivity index (χ2n) is 3.35. The van der Waals surface area contributed by atoms with Crippen molar-refractivity contribution in [1.29, 1.82) is 0 Å². The number of rotatable bonds is 7. The van der Waals surface area contributed by atoms with Gasteiger partial charge in [0.15, 0.2) is 0 Å². The van der Waals surface area contributed by atoms with Crippen LogP contribution in [0.25, 0.3) is 0 Å². The van der Waals surface area contributed by atoms with Gasteiger partial charge in [0.25, 0.3) is 0 Å². The lowest BCUT2D eigenvalue weighted by Gasteiger charge is -2.08. The second-order valence-corrected chi connectivity index (χ2v) is 3.35. The van der Waals surface area contributed by atoms with E-state index >= 15 is 0 Å². The Hall–Kier alpha value is -1.36. The normalized spacial score (nSPS) is 10.2. The van der Waals surface area contributed by atoms with Gasteiger partial charge in [-0.3, -0.25) is 0 Å². The first-order valence-corrected chi connectivity index (χ1v) is 5.47. The van der Waals surface area contributed by atoms with Gasteiger partial charge < -0.3 is 14.8 Å². The van der Waals surface area contributed by atoms with Gasteiger partial charge in [0.05, 0.1) is 6.61 Å². The minimum Gasteiger partial charge on any atom is -0.475 e. The fourth-order valence-corrected chi connectivity index (χ4v) is 1.24. The summed E-state index contributed by atoms with van der Waals surface area (Å²) in [6.07, 6.45) is 1.88. The molecule has 16 heavy (non-hydrogen) atoms.